The van der Waals surface area contributed by atoms with Crippen LogP contribution in [0.5, 0.6) is 0 Å². The van der Waals surface area contributed by atoms with Crippen LogP contribution in [0.4, 0.5) is 0 Å². The van der Waals surface area contributed by atoms with Crippen LogP contribution in [0.2, 0.25) is 0 Å². The fourth-order valence-electron chi connectivity index (χ4n) is 2.16. The molecule has 1 fully saturated rings. The third-order valence-corrected chi connectivity index (χ3v) is 5.17. The molecule has 0 saturated heterocycles. The lowest BCUT2D eigenvalue weighted by Crippen LogP contribution is -2.24. The first kappa shape index (κ1) is 12.6. The average Bonchev–Trinajstić information content (AvgIpc) is 3.22. The van der Waals surface area contributed by atoms with Crippen molar-refractivity contribution in [2.24, 2.45) is 0 Å². The molecule has 0 aromatic heterocycles. The molecule has 0 bridgehead atoms. The number of nitrogens with one attached hydrogen (secondary N) is 1. The van der Waals surface area contributed by atoms with Crippen molar-refractivity contribution < 1.29 is 8.42 Å². The van der Waals surface area contributed by atoms with Crippen molar-refractivity contribution in [3.05, 3.63) is 42.5 Å². The summed E-state index contributed by atoms with van der Waals surface area (Å²) >= 11 is 0. The Morgan fingerprint density at radius 2 is 1.79 bits per heavy atom. The first-order valence-electron chi connectivity index (χ1n) is 6.60. The molecule has 0 unspecified atom stereocenters. The van der Waals surface area contributed by atoms with Gasteiger partial charge in [0.05, 0.1) is 10.6 Å². The molecule has 1 aliphatic rings. The van der Waals surface area contributed by atoms with E-state index in [1.807, 2.05) is 30.3 Å². The van der Waals surface area contributed by atoms with Crippen LogP contribution in [0.15, 0.2) is 47.4 Å². The Bertz CT molecular complexity index is 690. The largest absolute Gasteiger partial charge is 0.313 e. The Morgan fingerprint density at radius 1 is 1.05 bits per heavy atom. The molecule has 0 atom stereocenters. The SMILES string of the molecule is O=S(=O)(CCNC1CC1)c1ccc2ccccc2c1. The summed E-state index contributed by atoms with van der Waals surface area (Å²) in [5.41, 5.74) is 0. The van der Waals surface area contributed by atoms with E-state index >= 15 is 0 Å². The van der Waals surface area contributed by atoms with Gasteiger partial charge in [-0.1, -0.05) is 30.3 Å². The van der Waals surface area contributed by atoms with E-state index in [1.165, 1.54) is 12.8 Å². The van der Waals surface area contributed by atoms with Crippen LogP contribution >= 0.6 is 0 Å². The third-order valence-electron chi connectivity index (χ3n) is 3.46. The van der Waals surface area contributed by atoms with Crippen molar-refractivity contribution in [1.29, 1.82) is 0 Å². The Hall–Kier alpha value is -1.39. The van der Waals surface area contributed by atoms with Crippen LogP contribution in [-0.4, -0.2) is 26.8 Å². The molecule has 0 radical (unpaired) electrons. The molecule has 0 heterocycles. The summed E-state index contributed by atoms with van der Waals surface area (Å²) in [6.07, 6.45) is 2.35. The van der Waals surface area contributed by atoms with Gasteiger partial charge in [0.15, 0.2) is 9.84 Å². The van der Waals surface area contributed by atoms with Crippen molar-refractivity contribution in [3.63, 3.8) is 0 Å². The highest BCUT2D eigenvalue weighted by molar-refractivity contribution is 7.91. The number of sulfone groups is 1. The Morgan fingerprint density at radius 3 is 2.53 bits per heavy atom. The van der Waals surface area contributed by atoms with Gasteiger partial charge in [-0.05, 0) is 35.7 Å². The molecule has 3 rings (SSSR count). The molecule has 100 valence electrons. The van der Waals surface area contributed by atoms with Gasteiger partial charge in [0.25, 0.3) is 0 Å². The topological polar surface area (TPSA) is 46.2 Å². The minimum absolute atomic E-state index is 0.168. The molecular weight excluding hydrogens is 258 g/mol. The zero-order valence-electron chi connectivity index (χ0n) is 10.7. The maximum Gasteiger partial charge on any atom is 0.179 e. The lowest BCUT2D eigenvalue weighted by atomic mass is 10.1. The highest BCUT2D eigenvalue weighted by atomic mass is 32.2. The van der Waals surface area contributed by atoms with Gasteiger partial charge >= 0.3 is 0 Å². The summed E-state index contributed by atoms with van der Waals surface area (Å²) in [7, 11) is -3.18. The summed E-state index contributed by atoms with van der Waals surface area (Å²) in [6.45, 7) is 0.541. The van der Waals surface area contributed by atoms with E-state index in [9.17, 15) is 8.42 Å². The van der Waals surface area contributed by atoms with Crippen LogP contribution in [-0.2, 0) is 9.84 Å². The summed E-state index contributed by atoms with van der Waals surface area (Å²) in [4.78, 5) is 0.420. The lowest BCUT2D eigenvalue weighted by molar-refractivity contribution is 0.590. The number of hydrogen-bond donors (Lipinski definition) is 1. The molecular formula is C15H17NO2S. The molecule has 1 saturated carbocycles. The predicted octanol–water partition coefficient (Wildman–Crippen LogP) is 2.37. The van der Waals surface area contributed by atoms with Gasteiger partial charge in [-0.2, -0.15) is 0 Å². The maximum atomic E-state index is 12.2. The van der Waals surface area contributed by atoms with Crippen LogP contribution < -0.4 is 5.32 Å². The Labute approximate surface area is 113 Å². The van der Waals surface area contributed by atoms with Gasteiger partial charge in [-0.3, -0.25) is 0 Å². The smallest absolute Gasteiger partial charge is 0.179 e. The second-order valence-corrected chi connectivity index (χ2v) is 7.17. The third kappa shape index (κ3) is 2.96. The van der Waals surface area contributed by atoms with Gasteiger partial charge in [0.1, 0.15) is 0 Å². The first-order chi connectivity index (χ1) is 9.15. The molecule has 19 heavy (non-hydrogen) atoms. The van der Waals surface area contributed by atoms with E-state index in [4.69, 9.17) is 0 Å². The quantitative estimate of drug-likeness (QED) is 0.911. The van der Waals surface area contributed by atoms with Gasteiger partial charge < -0.3 is 5.32 Å². The van der Waals surface area contributed by atoms with E-state index in [0.717, 1.165) is 10.8 Å². The molecule has 1 aliphatic carbocycles. The highest BCUT2D eigenvalue weighted by Crippen LogP contribution is 2.21. The molecule has 2 aromatic rings. The normalized spacial score (nSPS) is 15.8. The van der Waals surface area contributed by atoms with Crippen molar-refractivity contribution in [2.45, 2.75) is 23.8 Å². The number of benzene rings is 2. The summed E-state index contributed by atoms with van der Waals surface area (Å²) in [5, 5.41) is 5.28. The number of fused-ring (bicyclic) bond motifs is 1. The van der Waals surface area contributed by atoms with E-state index in [1.54, 1.807) is 12.1 Å². The van der Waals surface area contributed by atoms with Crippen LogP contribution in [0.25, 0.3) is 10.8 Å². The van der Waals surface area contributed by atoms with Crippen LogP contribution in [0.1, 0.15) is 12.8 Å². The van der Waals surface area contributed by atoms with Gasteiger partial charge in [-0.25, -0.2) is 8.42 Å². The summed E-state index contributed by atoms with van der Waals surface area (Å²) in [5.74, 6) is 0.168. The monoisotopic (exact) mass is 275 g/mol. The highest BCUT2D eigenvalue weighted by Gasteiger charge is 2.21. The summed E-state index contributed by atoms with van der Waals surface area (Å²) < 4.78 is 24.5. The lowest BCUT2D eigenvalue weighted by Gasteiger charge is -2.06. The van der Waals surface area contributed by atoms with Crippen LogP contribution in [0.3, 0.4) is 0 Å². The van der Waals surface area contributed by atoms with Gasteiger partial charge in [-0.15, -0.1) is 0 Å². The zero-order valence-corrected chi connectivity index (χ0v) is 11.5. The second-order valence-electron chi connectivity index (χ2n) is 5.06. The molecule has 0 aliphatic heterocycles. The number of hydrogen-bond acceptors (Lipinski definition) is 3. The predicted molar refractivity (Wildman–Crippen MR) is 77.0 cm³/mol. The Kier molecular flexibility index (Phi) is 3.29. The van der Waals surface area contributed by atoms with Crippen LogP contribution in [0, 0.1) is 0 Å². The van der Waals surface area contributed by atoms with E-state index < -0.39 is 9.84 Å². The van der Waals surface area contributed by atoms with Crippen molar-refractivity contribution in [3.8, 4) is 0 Å². The van der Waals surface area contributed by atoms with E-state index in [2.05, 4.69) is 5.32 Å². The fourth-order valence-corrected chi connectivity index (χ4v) is 3.37. The summed E-state index contributed by atoms with van der Waals surface area (Å²) in [6, 6.07) is 13.7. The standard InChI is InChI=1S/C15H17NO2S/c17-19(18,10-9-16-14-6-7-14)15-8-5-12-3-1-2-4-13(12)11-15/h1-5,8,11,14,16H,6-7,9-10H2. The second kappa shape index (κ2) is 4.94. The van der Waals surface area contributed by atoms with Crippen molar-refractivity contribution in [2.75, 3.05) is 12.3 Å². The maximum absolute atomic E-state index is 12.2. The minimum Gasteiger partial charge on any atom is -0.313 e. The molecule has 0 amide bonds. The van der Waals surface area contributed by atoms with E-state index in [0.29, 0.717) is 17.5 Å². The van der Waals surface area contributed by atoms with Crippen molar-refractivity contribution in [1.82, 2.24) is 5.32 Å². The van der Waals surface area contributed by atoms with Gasteiger partial charge in [0.2, 0.25) is 0 Å². The molecule has 3 nitrogen and oxygen atoms in total. The average molecular weight is 275 g/mol. The molecule has 4 heteroatoms. The molecule has 2 aromatic carbocycles. The van der Waals surface area contributed by atoms with Crippen molar-refractivity contribution >= 4 is 20.6 Å². The van der Waals surface area contributed by atoms with Gasteiger partial charge in [0, 0.05) is 12.6 Å². The molecule has 1 N–H and O–H groups in total. The Balaban J connectivity index is 1.80. The zero-order chi connectivity index (χ0) is 13.3. The fraction of sp³-hybridized carbons (Fsp3) is 0.333. The molecule has 0 spiro atoms. The number of rotatable bonds is 5. The minimum atomic E-state index is -3.18. The first-order valence-corrected chi connectivity index (χ1v) is 8.25. The van der Waals surface area contributed by atoms with E-state index in [-0.39, 0.29) is 5.75 Å².